The zero-order valence-corrected chi connectivity index (χ0v) is 7.34. The standard InChI is InChI=1S/C8H8ClN3/c1-12-4-7(10)5-2-11-3-6(9)8(5)12/h2-4H,10H2,1H3. The summed E-state index contributed by atoms with van der Waals surface area (Å²) in [5, 5.41) is 1.54. The first kappa shape index (κ1) is 7.43. The molecule has 4 heteroatoms. The Morgan fingerprint density at radius 3 is 2.92 bits per heavy atom. The minimum Gasteiger partial charge on any atom is -0.397 e. The van der Waals surface area contributed by atoms with Gasteiger partial charge in [0, 0.05) is 31.0 Å². The fourth-order valence-corrected chi connectivity index (χ4v) is 1.63. The molecule has 0 aliphatic rings. The topological polar surface area (TPSA) is 43.8 Å². The van der Waals surface area contributed by atoms with Crippen LogP contribution < -0.4 is 5.73 Å². The molecule has 0 saturated heterocycles. The summed E-state index contributed by atoms with van der Waals surface area (Å²) in [4.78, 5) is 3.96. The van der Waals surface area contributed by atoms with Crippen LogP contribution in [0.2, 0.25) is 5.02 Å². The van der Waals surface area contributed by atoms with E-state index in [0.29, 0.717) is 10.7 Å². The molecule has 0 radical (unpaired) electrons. The number of hydrogen-bond donors (Lipinski definition) is 1. The Labute approximate surface area is 74.8 Å². The maximum absolute atomic E-state index is 5.94. The van der Waals surface area contributed by atoms with E-state index in [4.69, 9.17) is 17.3 Å². The van der Waals surface area contributed by atoms with E-state index in [1.54, 1.807) is 12.4 Å². The third-order valence-corrected chi connectivity index (χ3v) is 2.15. The number of rotatable bonds is 0. The smallest absolute Gasteiger partial charge is 0.0832 e. The van der Waals surface area contributed by atoms with Gasteiger partial charge in [-0.05, 0) is 0 Å². The number of aromatic nitrogens is 2. The molecule has 0 aliphatic heterocycles. The van der Waals surface area contributed by atoms with Crippen LogP contribution in [0.5, 0.6) is 0 Å². The number of hydrogen-bond acceptors (Lipinski definition) is 2. The first-order chi connectivity index (χ1) is 5.70. The summed E-state index contributed by atoms with van der Waals surface area (Å²) in [5.74, 6) is 0. The van der Waals surface area contributed by atoms with Crippen molar-refractivity contribution in [3.63, 3.8) is 0 Å². The quantitative estimate of drug-likeness (QED) is 0.674. The van der Waals surface area contributed by atoms with Gasteiger partial charge >= 0.3 is 0 Å². The van der Waals surface area contributed by atoms with E-state index >= 15 is 0 Å². The van der Waals surface area contributed by atoms with E-state index in [1.165, 1.54) is 0 Å². The first-order valence-electron chi connectivity index (χ1n) is 3.54. The molecule has 0 bridgehead atoms. The monoisotopic (exact) mass is 181 g/mol. The molecule has 0 unspecified atom stereocenters. The van der Waals surface area contributed by atoms with Crippen LogP contribution in [0.3, 0.4) is 0 Å². The number of aryl methyl sites for hydroxylation is 1. The molecular formula is C8H8ClN3. The number of anilines is 1. The number of pyridine rings is 1. The minimum atomic E-state index is 0.631. The first-order valence-corrected chi connectivity index (χ1v) is 3.92. The lowest BCUT2D eigenvalue weighted by molar-refractivity contribution is 0.969. The SMILES string of the molecule is Cn1cc(N)c2cncc(Cl)c21. The molecule has 2 heterocycles. The van der Waals surface area contributed by atoms with Gasteiger partial charge in [0.1, 0.15) is 0 Å². The van der Waals surface area contributed by atoms with Crippen LogP contribution in [0, 0.1) is 0 Å². The summed E-state index contributed by atoms with van der Waals surface area (Å²) in [7, 11) is 1.91. The van der Waals surface area contributed by atoms with Crippen molar-refractivity contribution in [1.29, 1.82) is 0 Å². The van der Waals surface area contributed by atoms with E-state index < -0.39 is 0 Å². The van der Waals surface area contributed by atoms with Gasteiger partial charge < -0.3 is 10.3 Å². The molecule has 0 atom stereocenters. The molecule has 0 spiro atoms. The second kappa shape index (κ2) is 2.38. The molecule has 62 valence electrons. The third kappa shape index (κ3) is 0.865. The highest BCUT2D eigenvalue weighted by Crippen LogP contribution is 2.27. The molecule has 0 amide bonds. The van der Waals surface area contributed by atoms with Crippen molar-refractivity contribution in [3.8, 4) is 0 Å². The summed E-state index contributed by atoms with van der Waals surface area (Å²) >= 11 is 5.94. The van der Waals surface area contributed by atoms with E-state index in [1.807, 2.05) is 17.8 Å². The second-order valence-electron chi connectivity index (χ2n) is 2.71. The van der Waals surface area contributed by atoms with E-state index in [2.05, 4.69) is 4.98 Å². The van der Waals surface area contributed by atoms with Gasteiger partial charge in [-0.3, -0.25) is 4.98 Å². The van der Waals surface area contributed by atoms with Crippen LogP contribution in [0.25, 0.3) is 10.9 Å². The van der Waals surface area contributed by atoms with Crippen LogP contribution in [-0.2, 0) is 7.05 Å². The van der Waals surface area contributed by atoms with Gasteiger partial charge in [0.25, 0.3) is 0 Å². The van der Waals surface area contributed by atoms with Gasteiger partial charge in [-0.1, -0.05) is 11.6 Å². The Balaban J connectivity index is 2.99. The lowest BCUT2D eigenvalue weighted by Gasteiger charge is -1.96. The highest BCUT2D eigenvalue weighted by Gasteiger charge is 2.06. The number of nitrogens with two attached hydrogens (primary N) is 1. The molecule has 3 nitrogen and oxygen atoms in total. The Kier molecular flexibility index (Phi) is 1.48. The largest absolute Gasteiger partial charge is 0.397 e. The Morgan fingerprint density at radius 2 is 2.25 bits per heavy atom. The van der Waals surface area contributed by atoms with Gasteiger partial charge in [0.15, 0.2) is 0 Å². The van der Waals surface area contributed by atoms with Gasteiger partial charge in [0.05, 0.1) is 16.2 Å². The van der Waals surface area contributed by atoms with Gasteiger partial charge in [0.2, 0.25) is 0 Å². The summed E-state index contributed by atoms with van der Waals surface area (Å²) in [6.07, 6.45) is 5.16. The van der Waals surface area contributed by atoms with Crippen LogP contribution in [0.1, 0.15) is 0 Å². The van der Waals surface area contributed by atoms with Crippen molar-refractivity contribution in [2.75, 3.05) is 5.73 Å². The average Bonchev–Trinajstić information content (AvgIpc) is 2.29. The maximum Gasteiger partial charge on any atom is 0.0832 e. The van der Waals surface area contributed by atoms with Crippen LogP contribution in [0.15, 0.2) is 18.6 Å². The number of nitrogen functional groups attached to an aromatic ring is 1. The highest BCUT2D eigenvalue weighted by molar-refractivity contribution is 6.35. The van der Waals surface area contributed by atoms with Crippen molar-refractivity contribution >= 4 is 28.2 Å². The Bertz CT molecular complexity index is 433. The molecule has 0 aliphatic carbocycles. The van der Waals surface area contributed by atoms with Crippen molar-refractivity contribution < 1.29 is 0 Å². The normalized spacial score (nSPS) is 10.8. The molecule has 2 aromatic heterocycles. The molecular weight excluding hydrogens is 174 g/mol. The van der Waals surface area contributed by atoms with Crippen LogP contribution >= 0.6 is 11.6 Å². The van der Waals surface area contributed by atoms with Crippen LogP contribution in [0.4, 0.5) is 5.69 Å². The van der Waals surface area contributed by atoms with E-state index in [0.717, 1.165) is 10.9 Å². The predicted molar refractivity (Wildman–Crippen MR) is 50.1 cm³/mol. The Hall–Kier alpha value is -1.22. The molecule has 0 saturated carbocycles. The zero-order valence-electron chi connectivity index (χ0n) is 6.58. The molecule has 0 aromatic carbocycles. The third-order valence-electron chi connectivity index (χ3n) is 1.87. The van der Waals surface area contributed by atoms with Gasteiger partial charge in [-0.25, -0.2) is 0 Å². The second-order valence-corrected chi connectivity index (χ2v) is 3.12. The van der Waals surface area contributed by atoms with Crippen molar-refractivity contribution in [2.24, 2.45) is 7.05 Å². The van der Waals surface area contributed by atoms with Crippen molar-refractivity contribution in [2.45, 2.75) is 0 Å². The molecule has 12 heavy (non-hydrogen) atoms. The fraction of sp³-hybridized carbons (Fsp3) is 0.125. The average molecular weight is 182 g/mol. The molecule has 0 fully saturated rings. The van der Waals surface area contributed by atoms with E-state index in [9.17, 15) is 0 Å². The van der Waals surface area contributed by atoms with Gasteiger partial charge in [-0.15, -0.1) is 0 Å². The van der Waals surface area contributed by atoms with Crippen LogP contribution in [-0.4, -0.2) is 9.55 Å². The zero-order chi connectivity index (χ0) is 8.72. The van der Waals surface area contributed by atoms with Crippen molar-refractivity contribution in [1.82, 2.24) is 9.55 Å². The summed E-state index contributed by atoms with van der Waals surface area (Å²) in [5.41, 5.74) is 7.37. The maximum atomic E-state index is 5.94. The Morgan fingerprint density at radius 1 is 1.50 bits per heavy atom. The van der Waals surface area contributed by atoms with E-state index in [-0.39, 0.29) is 0 Å². The fourth-order valence-electron chi connectivity index (χ4n) is 1.34. The molecule has 2 aromatic rings. The molecule has 2 N–H and O–H groups in total. The number of fused-ring (bicyclic) bond motifs is 1. The highest BCUT2D eigenvalue weighted by atomic mass is 35.5. The van der Waals surface area contributed by atoms with Crippen molar-refractivity contribution in [3.05, 3.63) is 23.6 Å². The summed E-state index contributed by atoms with van der Waals surface area (Å²) < 4.78 is 1.90. The lowest BCUT2D eigenvalue weighted by atomic mass is 10.3. The lowest BCUT2D eigenvalue weighted by Crippen LogP contribution is -1.84. The summed E-state index contributed by atoms with van der Waals surface area (Å²) in [6, 6.07) is 0. The number of nitrogens with zero attached hydrogens (tertiary/aromatic N) is 2. The number of halogens is 1. The van der Waals surface area contributed by atoms with Gasteiger partial charge in [-0.2, -0.15) is 0 Å². The predicted octanol–water partition coefficient (Wildman–Crippen LogP) is 1.81. The summed E-state index contributed by atoms with van der Waals surface area (Å²) in [6.45, 7) is 0. The minimum absolute atomic E-state index is 0.631. The molecule has 2 rings (SSSR count).